The van der Waals surface area contributed by atoms with E-state index >= 15 is 0 Å². The zero-order valence-electron chi connectivity index (χ0n) is 30.8. The van der Waals surface area contributed by atoms with Gasteiger partial charge in [-0.3, -0.25) is 4.79 Å². The first-order chi connectivity index (χ1) is 26.9. The second-order valence-electron chi connectivity index (χ2n) is 13.6. The molecular weight excluding hydrogens is 673 g/mol. The summed E-state index contributed by atoms with van der Waals surface area (Å²) in [6, 6.07) is 52.7. The van der Waals surface area contributed by atoms with Gasteiger partial charge in [0.15, 0.2) is 5.78 Å². The minimum absolute atomic E-state index is 0.0813. The molecule has 0 N–H and O–H groups in total. The van der Waals surface area contributed by atoms with Gasteiger partial charge in [-0.05, 0) is 113 Å². The molecule has 264 valence electrons. The Balaban J connectivity index is 1.12. The summed E-state index contributed by atoms with van der Waals surface area (Å²) in [5.41, 5.74) is 12.2. The highest BCUT2D eigenvalue weighted by atomic mass is 16.5. The standard InChI is InChI=1S/C52H38O3/c1-5-38-33-42(26-30-49(38)54-4)52(47-16-9-7-14-45(47)46-15-8-10-17-48(46)52)43-27-31-50(39(6-2)34-43)55-44-28-24-40(25-29-44)51(53)41-13-11-12-37(32-41)23-22-36-20-18-35(3)19-21-36/h5-21,24-34H,1-2H2,3-4H3. The highest BCUT2D eigenvalue weighted by Crippen LogP contribution is 2.56. The van der Waals surface area contributed by atoms with Crippen molar-refractivity contribution in [1.29, 1.82) is 0 Å². The molecule has 0 spiro atoms. The molecule has 0 unspecified atom stereocenters. The molecule has 1 aliphatic rings. The summed E-state index contributed by atoms with van der Waals surface area (Å²) in [6.07, 6.45) is 3.67. The monoisotopic (exact) mass is 710 g/mol. The number of aryl methyl sites for hydroxylation is 1. The van der Waals surface area contributed by atoms with E-state index in [4.69, 9.17) is 9.47 Å². The predicted molar refractivity (Wildman–Crippen MR) is 224 cm³/mol. The summed E-state index contributed by atoms with van der Waals surface area (Å²) in [4.78, 5) is 13.5. The van der Waals surface area contributed by atoms with Crippen molar-refractivity contribution in [2.24, 2.45) is 0 Å². The van der Waals surface area contributed by atoms with Gasteiger partial charge in [0.2, 0.25) is 0 Å². The molecule has 0 heterocycles. The van der Waals surface area contributed by atoms with Crippen LogP contribution in [0.4, 0.5) is 0 Å². The molecule has 0 saturated heterocycles. The maximum Gasteiger partial charge on any atom is 0.193 e. The molecule has 1 aliphatic carbocycles. The van der Waals surface area contributed by atoms with Gasteiger partial charge in [0.25, 0.3) is 0 Å². The minimum Gasteiger partial charge on any atom is -0.496 e. The Hall–Kier alpha value is -7.15. The van der Waals surface area contributed by atoms with Crippen molar-refractivity contribution in [3.8, 4) is 40.2 Å². The molecular formula is C52H38O3. The summed E-state index contributed by atoms with van der Waals surface area (Å²) in [6.45, 7) is 10.3. The van der Waals surface area contributed by atoms with E-state index in [9.17, 15) is 4.79 Å². The van der Waals surface area contributed by atoms with Crippen LogP contribution in [0.25, 0.3) is 23.3 Å². The molecule has 7 aromatic carbocycles. The van der Waals surface area contributed by atoms with E-state index in [1.807, 2.05) is 84.9 Å². The second kappa shape index (κ2) is 14.7. The van der Waals surface area contributed by atoms with E-state index in [1.54, 1.807) is 19.2 Å². The molecule has 0 aliphatic heterocycles. The Morgan fingerprint density at radius 3 is 1.78 bits per heavy atom. The van der Waals surface area contributed by atoms with Gasteiger partial charge in [0.05, 0.1) is 12.5 Å². The number of carbonyl (C=O) groups is 1. The number of benzene rings is 7. The van der Waals surface area contributed by atoms with E-state index in [1.165, 1.54) is 27.8 Å². The molecule has 0 radical (unpaired) electrons. The van der Waals surface area contributed by atoms with Crippen LogP contribution >= 0.6 is 0 Å². The average molecular weight is 711 g/mol. The lowest BCUT2D eigenvalue weighted by Crippen LogP contribution is -2.28. The number of ether oxygens (including phenoxy) is 2. The first kappa shape index (κ1) is 34.9. The number of hydrogen-bond acceptors (Lipinski definition) is 3. The van der Waals surface area contributed by atoms with Crippen LogP contribution in [0.3, 0.4) is 0 Å². The van der Waals surface area contributed by atoms with Crippen molar-refractivity contribution in [3.05, 3.63) is 232 Å². The summed E-state index contributed by atoms with van der Waals surface area (Å²) < 4.78 is 12.2. The molecule has 7 aromatic rings. The fourth-order valence-electron chi connectivity index (χ4n) is 7.67. The molecule has 0 aromatic heterocycles. The Kier molecular flexibility index (Phi) is 9.33. The van der Waals surface area contributed by atoms with Crippen molar-refractivity contribution >= 4 is 17.9 Å². The van der Waals surface area contributed by atoms with E-state index in [0.29, 0.717) is 22.6 Å². The minimum atomic E-state index is -0.626. The van der Waals surface area contributed by atoms with Crippen LogP contribution in [0.5, 0.6) is 17.2 Å². The summed E-state index contributed by atoms with van der Waals surface area (Å²) in [5.74, 6) is 8.34. The maximum atomic E-state index is 13.5. The molecule has 0 atom stereocenters. The highest BCUT2D eigenvalue weighted by Gasteiger charge is 2.46. The second-order valence-corrected chi connectivity index (χ2v) is 13.6. The Bertz CT molecular complexity index is 2620. The lowest BCUT2D eigenvalue weighted by molar-refractivity contribution is 0.103. The predicted octanol–water partition coefficient (Wildman–Crippen LogP) is 12.1. The van der Waals surface area contributed by atoms with E-state index in [2.05, 4.69) is 105 Å². The highest BCUT2D eigenvalue weighted by molar-refractivity contribution is 6.09. The van der Waals surface area contributed by atoms with Crippen molar-refractivity contribution in [3.63, 3.8) is 0 Å². The van der Waals surface area contributed by atoms with Crippen molar-refractivity contribution in [2.45, 2.75) is 12.3 Å². The first-order valence-electron chi connectivity index (χ1n) is 18.2. The summed E-state index contributed by atoms with van der Waals surface area (Å²) >= 11 is 0. The van der Waals surface area contributed by atoms with Crippen LogP contribution in [0, 0.1) is 18.8 Å². The average Bonchev–Trinajstić information content (AvgIpc) is 3.54. The topological polar surface area (TPSA) is 35.5 Å². The third-order valence-corrected chi connectivity index (χ3v) is 10.4. The van der Waals surface area contributed by atoms with Gasteiger partial charge in [0.1, 0.15) is 17.2 Å². The van der Waals surface area contributed by atoms with Crippen LogP contribution in [0.15, 0.2) is 171 Å². The first-order valence-corrected chi connectivity index (χ1v) is 18.2. The van der Waals surface area contributed by atoms with Crippen molar-refractivity contribution < 1.29 is 14.3 Å². The number of carbonyl (C=O) groups excluding carboxylic acids is 1. The van der Waals surface area contributed by atoms with Crippen molar-refractivity contribution in [1.82, 2.24) is 0 Å². The molecule has 3 nitrogen and oxygen atoms in total. The molecule has 8 rings (SSSR count). The normalized spacial score (nSPS) is 12.0. The largest absolute Gasteiger partial charge is 0.496 e. The molecule has 0 saturated carbocycles. The van der Waals surface area contributed by atoms with Gasteiger partial charge >= 0.3 is 0 Å². The van der Waals surface area contributed by atoms with Crippen LogP contribution in [0.1, 0.15) is 66.0 Å². The fraction of sp³-hybridized carbons (Fsp3) is 0.0577. The summed E-state index contributed by atoms with van der Waals surface area (Å²) in [5, 5.41) is 0. The lowest BCUT2D eigenvalue weighted by atomic mass is 9.67. The zero-order valence-corrected chi connectivity index (χ0v) is 30.8. The van der Waals surface area contributed by atoms with Gasteiger partial charge in [0, 0.05) is 33.4 Å². The Morgan fingerprint density at radius 2 is 1.16 bits per heavy atom. The SMILES string of the molecule is C=Cc1cc(C2(c3ccc(Oc4ccc(C(=O)c5cccc(C#Cc6ccc(C)cc6)c5)cc4)c(C=C)c3)c3ccccc3-c3ccccc32)ccc1OC. The summed E-state index contributed by atoms with van der Waals surface area (Å²) in [7, 11) is 1.68. The Morgan fingerprint density at radius 1 is 0.582 bits per heavy atom. The molecule has 0 bridgehead atoms. The van der Waals surface area contributed by atoms with E-state index in [-0.39, 0.29) is 5.78 Å². The fourth-order valence-corrected chi connectivity index (χ4v) is 7.67. The number of ketones is 1. The van der Waals surface area contributed by atoms with Crippen LogP contribution in [-0.4, -0.2) is 12.9 Å². The third kappa shape index (κ3) is 6.35. The number of fused-ring (bicyclic) bond motifs is 3. The van der Waals surface area contributed by atoms with Gasteiger partial charge in [-0.15, -0.1) is 0 Å². The molecule has 0 amide bonds. The number of methoxy groups -OCH3 is 1. The smallest absolute Gasteiger partial charge is 0.193 e. The number of hydrogen-bond donors (Lipinski definition) is 0. The maximum absolute atomic E-state index is 13.5. The van der Waals surface area contributed by atoms with Crippen LogP contribution in [0.2, 0.25) is 0 Å². The Labute approximate surface area is 322 Å². The zero-order chi connectivity index (χ0) is 37.9. The van der Waals surface area contributed by atoms with Gasteiger partial charge in [-0.2, -0.15) is 0 Å². The third-order valence-electron chi connectivity index (χ3n) is 10.4. The van der Waals surface area contributed by atoms with Crippen molar-refractivity contribution in [2.75, 3.05) is 7.11 Å². The van der Waals surface area contributed by atoms with Gasteiger partial charge in [-0.1, -0.05) is 128 Å². The molecule has 55 heavy (non-hydrogen) atoms. The van der Waals surface area contributed by atoms with E-state index < -0.39 is 5.41 Å². The van der Waals surface area contributed by atoms with Crippen LogP contribution in [-0.2, 0) is 5.41 Å². The molecule has 3 heteroatoms. The quantitative estimate of drug-likeness (QED) is 0.110. The number of rotatable bonds is 9. The van der Waals surface area contributed by atoms with Gasteiger partial charge < -0.3 is 9.47 Å². The van der Waals surface area contributed by atoms with E-state index in [0.717, 1.165) is 39.1 Å². The van der Waals surface area contributed by atoms with Gasteiger partial charge in [-0.25, -0.2) is 0 Å². The van der Waals surface area contributed by atoms with Crippen LogP contribution < -0.4 is 9.47 Å². The lowest BCUT2D eigenvalue weighted by Gasteiger charge is -2.34. The molecule has 0 fully saturated rings.